The smallest absolute Gasteiger partial charge is 0.407 e. The first kappa shape index (κ1) is 12.0. The van der Waals surface area contributed by atoms with Crippen LogP contribution in [0.15, 0.2) is 0 Å². The molecule has 15 heavy (non-hydrogen) atoms. The van der Waals surface area contributed by atoms with E-state index in [-0.39, 0.29) is 5.92 Å². The molecule has 0 aromatic rings. The number of nitrogens with one attached hydrogen (secondary N) is 1. The second kappa shape index (κ2) is 4.64. The van der Waals surface area contributed by atoms with E-state index in [4.69, 9.17) is 4.74 Å². The zero-order valence-corrected chi connectivity index (χ0v) is 9.58. The fourth-order valence-corrected chi connectivity index (χ4v) is 1.37. The number of hydrogen-bond acceptors (Lipinski definition) is 3. The Labute approximate surface area is 90.4 Å². The number of carbonyl (C=O) groups is 2. The van der Waals surface area contributed by atoms with Crippen LogP contribution >= 0.6 is 0 Å². The lowest BCUT2D eigenvalue weighted by Crippen LogP contribution is -2.36. The van der Waals surface area contributed by atoms with E-state index in [1.54, 1.807) is 0 Å². The zero-order chi connectivity index (χ0) is 11.5. The topological polar surface area (TPSA) is 55.4 Å². The number of rotatable bonds is 4. The Bertz CT molecular complexity index is 241. The standard InChI is InChI=1S/C11H19NO3/c1-11(2,3)15-10(14)12-6-9(7-13)8-4-5-8/h7-9H,4-6H2,1-3H3,(H,12,14). The van der Waals surface area contributed by atoms with Crippen LogP contribution in [0.25, 0.3) is 0 Å². The molecule has 1 aliphatic rings. The van der Waals surface area contributed by atoms with Crippen molar-refractivity contribution >= 4 is 12.4 Å². The Balaban J connectivity index is 2.23. The molecule has 0 bridgehead atoms. The van der Waals surface area contributed by atoms with Crippen molar-refractivity contribution < 1.29 is 14.3 Å². The lowest BCUT2D eigenvalue weighted by atomic mass is 10.1. The third-order valence-corrected chi connectivity index (χ3v) is 2.28. The summed E-state index contributed by atoms with van der Waals surface area (Å²) >= 11 is 0. The molecule has 1 amide bonds. The highest BCUT2D eigenvalue weighted by Crippen LogP contribution is 2.35. The minimum absolute atomic E-state index is 0.0440. The predicted molar refractivity (Wildman–Crippen MR) is 56.5 cm³/mol. The van der Waals surface area contributed by atoms with E-state index in [2.05, 4.69) is 5.32 Å². The normalized spacial score (nSPS) is 18.1. The van der Waals surface area contributed by atoms with Gasteiger partial charge in [-0.15, -0.1) is 0 Å². The van der Waals surface area contributed by atoms with Crippen molar-refractivity contribution in [2.45, 2.75) is 39.2 Å². The highest BCUT2D eigenvalue weighted by molar-refractivity contribution is 5.68. The summed E-state index contributed by atoms with van der Waals surface area (Å²) in [6.07, 6.45) is 2.67. The van der Waals surface area contributed by atoms with Crippen LogP contribution in [0, 0.1) is 11.8 Å². The molecular weight excluding hydrogens is 194 g/mol. The van der Waals surface area contributed by atoms with Crippen LogP contribution in [0.2, 0.25) is 0 Å². The van der Waals surface area contributed by atoms with Gasteiger partial charge in [0, 0.05) is 12.5 Å². The molecule has 1 rings (SSSR count). The Morgan fingerprint density at radius 2 is 2.13 bits per heavy atom. The van der Waals surface area contributed by atoms with Crippen LogP contribution in [0.3, 0.4) is 0 Å². The van der Waals surface area contributed by atoms with Crippen LogP contribution in [0.5, 0.6) is 0 Å². The number of alkyl carbamates (subject to hydrolysis) is 1. The Hall–Kier alpha value is -1.06. The fourth-order valence-electron chi connectivity index (χ4n) is 1.37. The number of hydrogen-bond donors (Lipinski definition) is 1. The predicted octanol–water partition coefficient (Wildman–Crippen LogP) is 1.74. The Morgan fingerprint density at radius 3 is 2.53 bits per heavy atom. The van der Waals surface area contributed by atoms with E-state index in [1.165, 1.54) is 0 Å². The molecular formula is C11H19NO3. The molecule has 0 aromatic heterocycles. The summed E-state index contributed by atoms with van der Waals surface area (Å²) in [6, 6.07) is 0. The average Bonchev–Trinajstić information content (AvgIpc) is 2.85. The summed E-state index contributed by atoms with van der Waals surface area (Å²) in [5, 5.41) is 2.62. The van der Waals surface area contributed by atoms with Crippen molar-refractivity contribution in [3.05, 3.63) is 0 Å². The summed E-state index contributed by atoms with van der Waals surface area (Å²) in [5.74, 6) is 0.426. The van der Waals surface area contributed by atoms with Gasteiger partial charge in [0.25, 0.3) is 0 Å². The monoisotopic (exact) mass is 213 g/mol. The van der Waals surface area contributed by atoms with Gasteiger partial charge in [-0.3, -0.25) is 0 Å². The second-order valence-corrected chi connectivity index (χ2v) is 5.02. The Kier molecular flexibility index (Phi) is 3.72. The van der Waals surface area contributed by atoms with Gasteiger partial charge in [0.1, 0.15) is 11.9 Å². The molecule has 0 heterocycles. The summed E-state index contributed by atoms with van der Waals surface area (Å²) in [6.45, 7) is 5.82. The van der Waals surface area contributed by atoms with Gasteiger partial charge in [0.05, 0.1) is 0 Å². The van der Waals surface area contributed by atoms with E-state index in [0.717, 1.165) is 19.1 Å². The largest absolute Gasteiger partial charge is 0.444 e. The summed E-state index contributed by atoms with van der Waals surface area (Å²) < 4.78 is 5.07. The fraction of sp³-hybridized carbons (Fsp3) is 0.818. The van der Waals surface area contributed by atoms with E-state index < -0.39 is 11.7 Å². The van der Waals surface area contributed by atoms with Gasteiger partial charge < -0.3 is 14.8 Å². The van der Waals surface area contributed by atoms with Gasteiger partial charge in [-0.05, 0) is 39.5 Å². The van der Waals surface area contributed by atoms with Crippen molar-refractivity contribution in [3.63, 3.8) is 0 Å². The van der Waals surface area contributed by atoms with Crippen molar-refractivity contribution in [1.29, 1.82) is 0 Å². The van der Waals surface area contributed by atoms with Crippen LogP contribution in [0.4, 0.5) is 4.79 Å². The molecule has 1 fully saturated rings. The molecule has 1 saturated carbocycles. The minimum atomic E-state index is -0.486. The van der Waals surface area contributed by atoms with E-state index >= 15 is 0 Å². The number of ether oxygens (including phenoxy) is 1. The van der Waals surface area contributed by atoms with Crippen LogP contribution in [-0.4, -0.2) is 24.5 Å². The van der Waals surface area contributed by atoms with E-state index in [1.807, 2.05) is 20.8 Å². The lowest BCUT2D eigenvalue weighted by Gasteiger charge is -2.20. The summed E-state index contributed by atoms with van der Waals surface area (Å²) in [5.41, 5.74) is -0.486. The second-order valence-electron chi connectivity index (χ2n) is 5.02. The quantitative estimate of drug-likeness (QED) is 0.724. The molecule has 86 valence electrons. The summed E-state index contributed by atoms with van der Waals surface area (Å²) in [4.78, 5) is 22.0. The molecule has 1 N–H and O–H groups in total. The highest BCUT2D eigenvalue weighted by Gasteiger charge is 2.31. The number of amides is 1. The third kappa shape index (κ3) is 4.81. The first-order chi connectivity index (χ1) is 6.92. The number of carbonyl (C=O) groups excluding carboxylic acids is 2. The molecule has 0 aliphatic heterocycles. The van der Waals surface area contributed by atoms with Crippen molar-refractivity contribution in [3.8, 4) is 0 Å². The molecule has 0 aromatic carbocycles. The maximum atomic E-state index is 11.3. The van der Waals surface area contributed by atoms with Gasteiger partial charge in [-0.2, -0.15) is 0 Å². The van der Waals surface area contributed by atoms with E-state index in [9.17, 15) is 9.59 Å². The third-order valence-electron chi connectivity index (χ3n) is 2.28. The van der Waals surface area contributed by atoms with Gasteiger partial charge >= 0.3 is 6.09 Å². The van der Waals surface area contributed by atoms with Crippen LogP contribution in [0.1, 0.15) is 33.6 Å². The average molecular weight is 213 g/mol. The number of aldehydes is 1. The van der Waals surface area contributed by atoms with Gasteiger partial charge in [-0.25, -0.2) is 4.79 Å². The molecule has 1 atom stereocenters. The van der Waals surface area contributed by atoms with Gasteiger partial charge in [0.15, 0.2) is 0 Å². The first-order valence-electron chi connectivity index (χ1n) is 5.34. The molecule has 0 spiro atoms. The van der Waals surface area contributed by atoms with Crippen LogP contribution < -0.4 is 5.32 Å². The van der Waals surface area contributed by atoms with Crippen LogP contribution in [-0.2, 0) is 9.53 Å². The Morgan fingerprint density at radius 1 is 1.53 bits per heavy atom. The first-order valence-corrected chi connectivity index (χ1v) is 5.34. The summed E-state index contributed by atoms with van der Waals surface area (Å²) in [7, 11) is 0. The maximum Gasteiger partial charge on any atom is 0.407 e. The maximum absolute atomic E-state index is 11.3. The SMILES string of the molecule is CC(C)(C)OC(=O)NCC(C=O)C1CC1. The lowest BCUT2D eigenvalue weighted by molar-refractivity contribution is -0.111. The van der Waals surface area contributed by atoms with Crippen molar-refractivity contribution in [1.82, 2.24) is 5.32 Å². The minimum Gasteiger partial charge on any atom is -0.444 e. The highest BCUT2D eigenvalue weighted by atomic mass is 16.6. The van der Waals surface area contributed by atoms with Gasteiger partial charge in [0.2, 0.25) is 0 Å². The zero-order valence-electron chi connectivity index (χ0n) is 9.58. The molecule has 4 nitrogen and oxygen atoms in total. The van der Waals surface area contributed by atoms with Crippen molar-refractivity contribution in [2.24, 2.45) is 11.8 Å². The molecule has 1 aliphatic carbocycles. The molecule has 0 radical (unpaired) electrons. The van der Waals surface area contributed by atoms with Gasteiger partial charge in [-0.1, -0.05) is 0 Å². The molecule has 0 saturated heterocycles. The van der Waals surface area contributed by atoms with Crippen molar-refractivity contribution in [2.75, 3.05) is 6.54 Å². The van der Waals surface area contributed by atoms with E-state index in [0.29, 0.717) is 12.5 Å². The molecule has 1 unspecified atom stereocenters. The molecule has 4 heteroatoms.